The van der Waals surface area contributed by atoms with Crippen LogP contribution in [0.3, 0.4) is 0 Å². The monoisotopic (exact) mass is 283 g/mol. The first-order valence-electron chi connectivity index (χ1n) is 5.55. The molecule has 0 aromatic carbocycles. The molecule has 0 radical (unpaired) electrons. The molecule has 0 fully saturated rings. The maximum Gasteiger partial charge on any atom is 0.244 e. The predicted molar refractivity (Wildman–Crippen MR) is 67.2 cm³/mol. The number of rotatable bonds is 6. The number of carbonyl (C=O) groups excluding carboxylic acids is 1. The first-order valence-corrected chi connectivity index (χ1v) is 6.43. The van der Waals surface area contributed by atoms with E-state index in [4.69, 9.17) is 10.2 Å². The van der Waals surface area contributed by atoms with Crippen LogP contribution in [0, 0.1) is 0 Å². The summed E-state index contributed by atoms with van der Waals surface area (Å²) in [5.41, 5.74) is 0. The largest absolute Gasteiger partial charge is 0.394 e. The van der Waals surface area contributed by atoms with Crippen LogP contribution < -0.4 is 5.32 Å². The number of nitrogens with zero attached hydrogens (tertiary/aromatic N) is 4. The summed E-state index contributed by atoms with van der Waals surface area (Å²) in [5, 5.41) is 33.7. The molecule has 2 heterocycles. The van der Waals surface area contributed by atoms with E-state index in [9.17, 15) is 4.79 Å². The van der Waals surface area contributed by atoms with Gasteiger partial charge in [-0.05, 0) is 16.7 Å². The number of aromatic nitrogens is 4. The SMILES string of the molecule is O=C(Cn1nnc(-c2cccs2)n1)NC(CO)CO. The van der Waals surface area contributed by atoms with Crippen LogP contribution in [0.2, 0.25) is 0 Å². The van der Waals surface area contributed by atoms with Crippen molar-refractivity contribution in [2.24, 2.45) is 0 Å². The maximum atomic E-state index is 11.6. The normalized spacial score (nSPS) is 10.9. The van der Waals surface area contributed by atoms with Crippen molar-refractivity contribution in [1.29, 1.82) is 0 Å². The van der Waals surface area contributed by atoms with Crippen molar-refractivity contribution >= 4 is 17.2 Å². The Kier molecular flexibility index (Phi) is 4.55. The molecule has 19 heavy (non-hydrogen) atoms. The molecule has 9 heteroatoms. The van der Waals surface area contributed by atoms with Crippen molar-refractivity contribution in [3.63, 3.8) is 0 Å². The molecule has 0 aliphatic heterocycles. The first-order chi connectivity index (χ1) is 9.22. The molecule has 3 N–H and O–H groups in total. The van der Waals surface area contributed by atoms with E-state index in [-0.39, 0.29) is 19.8 Å². The highest BCUT2D eigenvalue weighted by atomic mass is 32.1. The van der Waals surface area contributed by atoms with Gasteiger partial charge in [-0.15, -0.1) is 21.5 Å². The van der Waals surface area contributed by atoms with Gasteiger partial charge < -0.3 is 15.5 Å². The van der Waals surface area contributed by atoms with Crippen LogP contribution in [-0.2, 0) is 11.3 Å². The lowest BCUT2D eigenvalue weighted by Gasteiger charge is -2.12. The second-order valence-electron chi connectivity index (χ2n) is 3.75. The Hall–Kier alpha value is -1.84. The third-order valence-electron chi connectivity index (χ3n) is 2.29. The minimum Gasteiger partial charge on any atom is -0.394 e. The van der Waals surface area contributed by atoms with Crippen LogP contribution in [0.25, 0.3) is 10.7 Å². The van der Waals surface area contributed by atoms with Gasteiger partial charge in [0.25, 0.3) is 0 Å². The van der Waals surface area contributed by atoms with Gasteiger partial charge in [0.2, 0.25) is 11.7 Å². The van der Waals surface area contributed by atoms with E-state index in [1.807, 2.05) is 17.5 Å². The smallest absolute Gasteiger partial charge is 0.244 e. The highest BCUT2D eigenvalue weighted by molar-refractivity contribution is 7.13. The molecule has 0 atom stereocenters. The minimum atomic E-state index is -0.673. The molecular formula is C10H13N5O3S. The number of aliphatic hydroxyl groups is 2. The summed E-state index contributed by atoms with van der Waals surface area (Å²) in [6.45, 7) is -0.768. The van der Waals surface area contributed by atoms with Crippen molar-refractivity contribution in [3.05, 3.63) is 17.5 Å². The summed E-state index contributed by atoms with van der Waals surface area (Å²) in [7, 11) is 0. The van der Waals surface area contributed by atoms with Crippen molar-refractivity contribution in [2.75, 3.05) is 13.2 Å². The van der Waals surface area contributed by atoms with Crippen LogP contribution in [0.15, 0.2) is 17.5 Å². The Balaban J connectivity index is 1.95. The van der Waals surface area contributed by atoms with E-state index in [0.717, 1.165) is 9.67 Å². The summed E-state index contributed by atoms with van der Waals surface area (Å²) in [6.07, 6.45) is 0. The Labute approximate surface area is 112 Å². The molecule has 1 amide bonds. The Morgan fingerprint density at radius 3 is 2.89 bits per heavy atom. The zero-order valence-corrected chi connectivity index (χ0v) is 10.7. The molecule has 0 saturated heterocycles. The number of hydrogen-bond donors (Lipinski definition) is 3. The lowest BCUT2D eigenvalue weighted by Crippen LogP contribution is -2.41. The summed E-state index contributed by atoms with van der Waals surface area (Å²) < 4.78 is 0. The fourth-order valence-electron chi connectivity index (χ4n) is 1.37. The van der Waals surface area contributed by atoms with Crippen LogP contribution in [-0.4, -0.2) is 55.6 Å². The molecule has 2 aromatic heterocycles. The van der Waals surface area contributed by atoms with Crippen molar-refractivity contribution in [1.82, 2.24) is 25.5 Å². The Morgan fingerprint density at radius 2 is 2.26 bits per heavy atom. The molecule has 0 unspecified atom stereocenters. The van der Waals surface area contributed by atoms with Crippen LogP contribution in [0.1, 0.15) is 0 Å². The third-order valence-corrected chi connectivity index (χ3v) is 3.15. The van der Waals surface area contributed by atoms with Crippen molar-refractivity contribution in [3.8, 4) is 10.7 Å². The molecule has 102 valence electrons. The molecule has 0 spiro atoms. The maximum absolute atomic E-state index is 11.6. The van der Waals surface area contributed by atoms with Gasteiger partial charge >= 0.3 is 0 Å². The summed E-state index contributed by atoms with van der Waals surface area (Å²) in [4.78, 5) is 13.6. The summed E-state index contributed by atoms with van der Waals surface area (Å²) >= 11 is 1.48. The molecule has 2 rings (SSSR count). The number of hydrogen-bond acceptors (Lipinski definition) is 7. The van der Waals surface area contributed by atoms with E-state index in [2.05, 4.69) is 20.7 Å². The fraction of sp³-hybridized carbons (Fsp3) is 0.400. The third kappa shape index (κ3) is 3.56. The minimum absolute atomic E-state index is 0.116. The average Bonchev–Trinajstić information content (AvgIpc) is 3.06. The Morgan fingerprint density at radius 1 is 1.47 bits per heavy atom. The van der Waals surface area contributed by atoms with E-state index < -0.39 is 11.9 Å². The number of nitrogens with one attached hydrogen (secondary N) is 1. The summed E-state index contributed by atoms with van der Waals surface area (Å²) in [5.74, 6) is 0.0619. The highest BCUT2D eigenvalue weighted by Gasteiger charge is 2.13. The quantitative estimate of drug-likeness (QED) is 0.618. The van der Waals surface area contributed by atoms with Gasteiger partial charge in [-0.3, -0.25) is 4.79 Å². The fourth-order valence-corrected chi connectivity index (χ4v) is 2.01. The number of thiophene rings is 1. The molecule has 0 saturated carbocycles. The van der Waals surface area contributed by atoms with E-state index >= 15 is 0 Å². The molecule has 8 nitrogen and oxygen atoms in total. The number of carbonyl (C=O) groups is 1. The standard InChI is InChI=1S/C10H13N5O3S/c16-5-7(6-17)11-9(18)4-15-13-10(12-14-15)8-2-1-3-19-8/h1-3,7,16-17H,4-6H2,(H,11,18). The second kappa shape index (κ2) is 6.36. The van der Waals surface area contributed by atoms with Gasteiger partial charge in [-0.2, -0.15) is 4.80 Å². The van der Waals surface area contributed by atoms with E-state index in [1.54, 1.807) is 0 Å². The predicted octanol–water partition coefficient (Wildman–Crippen LogP) is -1.13. The topological polar surface area (TPSA) is 113 Å². The Bertz CT molecular complexity index is 523. The van der Waals surface area contributed by atoms with Crippen LogP contribution >= 0.6 is 11.3 Å². The number of amides is 1. The van der Waals surface area contributed by atoms with Gasteiger partial charge in [0.1, 0.15) is 6.54 Å². The zero-order valence-electron chi connectivity index (χ0n) is 9.93. The van der Waals surface area contributed by atoms with E-state index in [1.165, 1.54) is 11.3 Å². The molecule has 2 aromatic rings. The van der Waals surface area contributed by atoms with Crippen LogP contribution in [0.4, 0.5) is 0 Å². The number of aliphatic hydroxyl groups excluding tert-OH is 2. The lowest BCUT2D eigenvalue weighted by molar-refractivity contribution is -0.123. The average molecular weight is 283 g/mol. The molecular weight excluding hydrogens is 270 g/mol. The van der Waals surface area contributed by atoms with Crippen molar-refractivity contribution in [2.45, 2.75) is 12.6 Å². The van der Waals surface area contributed by atoms with Gasteiger partial charge in [0, 0.05) is 0 Å². The second-order valence-corrected chi connectivity index (χ2v) is 4.70. The van der Waals surface area contributed by atoms with Crippen molar-refractivity contribution < 1.29 is 15.0 Å². The van der Waals surface area contributed by atoms with Crippen LogP contribution in [0.5, 0.6) is 0 Å². The number of tetrazole rings is 1. The molecule has 0 aliphatic rings. The van der Waals surface area contributed by atoms with Gasteiger partial charge in [-0.25, -0.2) is 0 Å². The zero-order chi connectivity index (χ0) is 13.7. The van der Waals surface area contributed by atoms with E-state index in [0.29, 0.717) is 5.82 Å². The first kappa shape index (κ1) is 13.6. The molecule has 0 bridgehead atoms. The van der Waals surface area contributed by atoms with Gasteiger partial charge in [0.05, 0.1) is 24.1 Å². The van der Waals surface area contributed by atoms with Gasteiger partial charge in [-0.1, -0.05) is 6.07 Å². The highest BCUT2D eigenvalue weighted by Crippen LogP contribution is 2.19. The summed E-state index contributed by atoms with van der Waals surface area (Å²) in [6, 6.07) is 3.06. The lowest BCUT2D eigenvalue weighted by atomic mass is 10.3. The van der Waals surface area contributed by atoms with Gasteiger partial charge in [0.15, 0.2) is 0 Å². The molecule has 0 aliphatic carbocycles.